The molecule has 0 aliphatic heterocycles. The molecule has 0 aromatic heterocycles. The lowest BCUT2D eigenvalue weighted by molar-refractivity contribution is 0.0960. The summed E-state index contributed by atoms with van der Waals surface area (Å²) >= 11 is 0. The lowest BCUT2D eigenvalue weighted by Crippen LogP contribution is -2.27. The van der Waals surface area contributed by atoms with Crippen molar-refractivity contribution >= 4 is 15.9 Å². The van der Waals surface area contributed by atoms with Crippen LogP contribution in [0.15, 0.2) is 47.4 Å². The molecule has 0 atom stereocenters. The van der Waals surface area contributed by atoms with Crippen LogP contribution in [0.5, 0.6) is 11.5 Å². The van der Waals surface area contributed by atoms with Crippen molar-refractivity contribution in [3.8, 4) is 11.5 Å². The molecule has 1 amide bonds. The van der Waals surface area contributed by atoms with Crippen LogP contribution in [0.3, 0.4) is 0 Å². The van der Waals surface area contributed by atoms with Gasteiger partial charge in [-0.25, -0.2) is 8.42 Å². The Morgan fingerprint density at radius 1 is 1.15 bits per heavy atom. The molecule has 7 nitrogen and oxygen atoms in total. The number of nitrogens with zero attached hydrogens (tertiary/aromatic N) is 1. The molecule has 146 valence electrons. The molecule has 0 saturated carbocycles. The second-order valence-electron chi connectivity index (χ2n) is 5.78. The van der Waals surface area contributed by atoms with Crippen LogP contribution in [0.25, 0.3) is 0 Å². The first-order chi connectivity index (χ1) is 12.8. The van der Waals surface area contributed by atoms with Gasteiger partial charge in [-0.3, -0.25) is 4.79 Å². The van der Waals surface area contributed by atoms with Gasteiger partial charge in [0.05, 0.1) is 24.2 Å². The summed E-state index contributed by atoms with van der Waals surface area (Å²) in [5.41, 5.74) is 0.986. The molecular formula is C19H24N2O5S. The van der Waals surface area contributed by atoms with Crippen molar-refractivity contribution in [2.24, 2.45) is 0 Å². The van der Waals surface area contributed by atoms with E-state index >= 15 is 0 Å². The molecule has 0 heterocycles. The van der Waals surface area contributed by atoms with Crippen LogP contribution in [0, 0.1) is 0 Å². The lowest BCUT2D eigenvalue weighted by atomic mass is 10.2. The van der Waals surface area contributed by atoms with Gasteiger partial charge < -0.3 is 14.8 Å². The SMILES string of the molecule is CCOc1ccc(CN(C)S(=O)(=O)c2ccc(OC)c(C(=O)NC)c2)cc1. The Morgan fingerprint density at radius 3 is 2.37 bits per heavy atom. The highest BCUT2D eigenvalue weighted by molar-refractivity contribution is 7.89. The average molecular weight is 392 g/mol. The molecule has 2 aromatic rings. The van der Waals surface area contributed by atoms with Crippen molar-refractivity contribution < 1.29 is 22.7 Å². The molecule has 8 heteroatoms. The zero-order valence-corrected chi connectivity index (χ0v) is 16.7. The van der Waals surface area contributed by atoms with Crippen LogP contribution in [0.2, 0.25) is 0 Å². The Labute approximate surface area is 160 Å². The number of carbonyl (C=O) groups is 1. The first-order valence-electron chi connectivity index (χ1n) is 8.41. The van der Waals surface area contributed by atoms with E-state index in [4.69, 9.17) is 9.47 Å². The van der Waals surface area contributed by atoms with Crippen LogP contribution in [-0.4, -0.2) is 46.4 Å². The predicted molar refractivity (Wildman–Crippen MR) is 103 cm³/mol. The van der Waals surface area contributed by atoms with E-state index in [0.717, 1.165) is 11.3 Å². The molecule has 0 aliphatic carbocycles. The quantitative estimate of drug-likeness (QED) is 0.745. The van der Waals surface area contributed by atoms with E-state index in [1.807, 2.05) is 19.1 Å². The summed E-state index contributed by atoms with van der Waals surface area (Å²) < 4.78 is 37.6. The van der Waals surface area contributed by atoms with E-state index in [1.165, 1.54) is 43.7 Å². The van der Waals surface area contributed by atoms with Crippen LogP contribution < -0.4 is 14.8 Å². The summed E-state index contributed by atoms with van der Waals surface area (Å²) in [5.74, 6) is 0.623. The highest BCUT2D eigenvalue weighted by atomic mass is 32.2. The van der Waals surface area contributed by atoms with Gasteiger partial charge in [-0.1, -0.05) is 12.1 Å². The maximum Gasteiger partial charge on any atom is 0.254 e. The molecule has 0 unspecified atom stereocenters. The Balaban J connectivity index is 2.27. The topological polar surface area (TPSA) is 84.9 Å². The second kappa shape index (κ2) is 8.88. The first kappa shape index (κ1) is 20.7. The third-order valence-electron chi connectivity index (χ3n) is 3.99. The fourth-order valence-electron chi connectivity index (χ4n) is 2.54. The summed E-state index contributed by atoms with van der Waals surface area (Å²) in [7, 11) is 0.613. The molecule has 0 aliphatic rings. The van der Waals surface area contributed by atoms with E-state index in [-0.39, 0.29) is 17.0 Å². The first-order valence-corrected chi connectivity index (χ1v) is 9.85. The highest BCUT2D eigenvalue weighted by Gasteiger charge is 2.24. The van der Waals surface area contributed by atoms with E-state index in [9.17, 15) is 13.2 Å². The fraction of sp³-hybridized carbons (Fsp3) is 0.316. The minimum atomic E-state index is -3.78. The van der Waals surface area contributed by atoms with Gasteiger partial charge >= 0.3 is 0 Å². The number of sulfonamides is 1. The molecule has 27 heavy (non-hydrogen) atoms. The van der Waals surface area contributed by atoms with Crippen LogP contribution >= 0.6 is 0 Å². The molecule has 0 fully saturated rings. The van der Waals surface area contributed by atoms with Crippen molar-refractivity contribution in [3.63, 3.8) is 0 Å². The summed E-state index contributed by atoms with van der Waals surface area (Å²) in [6.45, 7) is 2.66. The van der Waals surface area contributed by atoms with Crippen molar-refractivity contribution in [3.05, 3.63) is 53.6 Å². The van der Waals surface area contributed by atoms with Crippen molar-refractivity contribution in [1.82, 2.24) is 9.62 Å². The summed E-state index contributed by atoms with van der Waals surface area (Å²) in [6, 6.07) is 11.5. The van der Waals surface area contributed by atoms with Gasteiger partial charge in [-0.05, 0) is 42.8 Å². The largest absolute Gasteiger partial charge is 0.496 e. The molecule has 1 N–H and O–H groups in total. The van der Waals surface area contributed by atoms with Crippen molar-refractivity contribution in [1.29, 1.82) is 0 Å². The highest BCUT2D eigenvalue weighted by Crippen LogP contribution is 2.25. The number of hydrogen-bond acceptors (Lipinski definition) is 5. The molecule has 2 aromatic carbocycles. The van der Waals surface area contributed by atoms with Gasteiger partial charge in [-0.2, -0.15) is 4.31 Å². The normalized spacial score (nSPS) is 11.3. The van der Waals surface area contributed by atoms with Crippen LogP contribution in [0.4, 0.5) is 0 Å². The number of rotatable bonds is 8. The minimum Gasteiger partial charge on any atom is -0.496 e. The van der Waals surface area contributed by atoms with Crippen LogP contribution in [0.1, 0.15) is 22.8 Å². The predicted octanol–water partition coefficient (Wildman–Crippen LogP) is 2.27. The van der Waals surface area contributed by atoms with Crippen molar-refractivity contribution in [2.45, 2.75) is 18.4 Å². The van der Waals surface area contributed by atoms with Gasteiger partial charge in [0.1, 0.15) is 11.5 Å². The number of ether oxygens (including phenoxy) is 2. The number of carbonyl (C=O) groups excluding carboxylic acids is 1. The van der Waals surface area contributed by atoms with E-state index in [0.29, 0.717) is 12.4 Å². The third kappa shape index (κ3) is 4.78. The molecule has 0 radical (unpaired) electrons. The Bertz CT molecular complexity index is 895. The number of methoxy groups -OCH3 is 1. The molecule has 0 bridgehead atoms. The van der Waals surface area contributed by atoms with Crippen molar-refractivity contribution in [2.75, 3.05) is 27.8 Å². The maximum atomic E-state index is 12.9. The minimum absolute atomic E-state index is 0.0235. The Morgan fingerprint density at radius 2 is 1.81 bits per heavy atom. The monoisotopic (exact) mass is 392 g/mol. The second-order valence-corrected chi connectivity index (χ2v) is 7.82. The average Bonchev–Trinajstić information content (AvgIpc) is 2.68. The summed E-state index contributed by atoms with van der Waals surface area (Å²) in [5, 5.41) is 2.48. The molecule has 2 rings (SSSR count). The van der Waals surface area contributed by atoms with E-state index in [1.54, 1.807) is 12.1 Å². The van der Waals surface area contributed by atoms with Gasteiger partial charge in [0.15, 0.2) is 0 Å². The molecule has 0 saturated heterocycles. The number of hydrogen-bond donors (Lipinski definition) is 1. The number of benzene rings is 2. The number of amides is 1. The van der Waals surface area contributed by atoms with Gasteiger partial charge in [-0.15, -0.1) is 0 Å². The lowest BCUT2D eigenvalue weighted by Gasteiger charge is -2.18. The van der Waals surface area contributed by atoms with Gasteiger partial charge in [0.25, 0.3) is 5.91 Å². The fourth-order valence-corrected chi connectivity index (χ4v) is 3.73. The Kier molecular flexibility index (Phi) is 6.81. The molecular weight excluding hydrogens is 368 g/mol. The molecule has 0 spiro atoms. The summed E-state index contributed by atoms with van der Waals surface area (Å²) in [4.78, 5) is 12.0. The third-order valence-corrected chi connectivity index (χ3v) is 5.79. The van der Waals surface area contributed by atoms with Gasteiger partial charge in [0.2, 0.25) is 10.0 Å². The Hall–Kier alpha value is -2.58. The van der Waals surface area contributed by atoms with E-state index < -0.39 is 15.9 Å². The zero-order chi connectivity index (χ0) is 20.0. The van der Waals surface area contributed by atoms with Crippen LogP contribution in [-0.2, 0) is 16.6 Å². The smallest absolute Gasteiger partial charge is 0.254 e. The summed E-state index contributed by atoms with van der Waals surface area (Å²) in [6.07, 6.45) is 0. The maximum absolute atomic E-state index is 12.9. The van der Waals surface area contributed by atoms with E-state index in [2.05, 4.69) is 5.32 Å². The standard InChI is InChI=1S/C19H24N2O5S/c1-5-26-15-8-6-14(7-9-15)13-21(3)27(23,24)16-10-11-18(25-4)17(12-16)19(22)20-2/h6-12H,5,13H2,1-4H3,(H,20,22). The number of nitrogens with one attached hydrogen (secondary N) is 1. The van der Waals surface area contributed by atoms with Gasteiger partial charge in [0, 0.05) is 20.6 Å². The zero-order valence-electron chi connectivity index (χ0n) is 15.9.